The van der Waals surface area contributed by atoms with Crippen molar-refractivity contribution in [1.29, 1.82) is 0 Å². The molecule has 35 heavy (non-hydrogen) atoms. The Morgan fingerprint density at radius 1 is 1.11 bits per heavy atom. The van der Waals surface area contributed by atoms with Crippen molar-refractivity contribution >= 4 is 29.1 Å². The molecular formula is C25H26ClF3N4O2. The van der Waals surface area contributed by atoms with Gasteiger partial charge in [0.15, 0.2) is 0 Å². The topological polar surface area (TPSA) is 76.1 Å². The lowest BCUT2D eigenvalue weighted by Crippen LogP contribution is -2.19. The Labute approximate surface area is 206 Å². The number of anilines is 2. The standard InChI is InChI=1S/C25H26ClF3N4O2/c1-14-17(8-7-9-19(14)25(27,28)29)15(2)31-24-18(13-30-21-11-6-5-10-20(21)26)22(12-23(34)35-4)32-16(3)33-24/h5-11,15,30H,12-13H2,1-4H3,(H,31,32,33). The number of hydrogen-bond donors (Lipinski definition) is 2. The first-order valence-electron chi connectivity index (χ1n) is 10.9. The molecule has 10 heteroatoms. The van der Waals surface area contributed by atoms with Crippen molar-refractivity contribution in [3.63, 3.8) is 0 Å². The van der Waals surface area contributed by atoms with Crippen molar-refractivity contribution in [1.82, 2.24) is 9.97 Å². The van der Waals surface area contributed by atoms with Gasteiger partial charge in [-0.15, -0.1) is 0 Å². The molecule has 1 atom stereocenters. The highest BCUT2D eigenvalue weighted by molar-refractivity contribution is 6.33. The van der Waals surface area contributed by atoms with Gasteiger partial charge < -0.3 is 15.4 Å². The summed E-state index contributed by atoms with van der Waals surface area (Å²) in [6.45, 7) is 5.10. The number of halogens is 4. The number of benzene rings is 2. The Morgan fingerprint density at radius 2 is 1.83 bits per heavy atom. The van der Waals surface area contributed by atoms with Crippen LogP contribution in [0.25, 0.3) is 0 Å². The second-order valence-electron chi connectivity index (χ2n) is 8.01. The Balaban J connectivity index is 2.00. The molecule has 2 N–H and O–H groups in total. The monoisotopic (exact) mass is 506 g/mol. The Kier molecular flexibility index (Phi) is 8.22. The van der Waals surface area contributed by atoms with E-state index in [1.54, 1.807) is 38.1 Å². The van der Waals surface area contributed by atoms with E-state index in [4.69, 9.17) is 16.3 Å². The highest BCUT2D eigenvalue weighted by atomic mass is 35.5. The molecule has 186 valence electrons. The van der Waals surface area contributed by atoms with E-state index < -0.39 is 23.8 Å². The maximum atomic E-state index is 13.4. The number of hydrogen-bond acceptors (Lipinski definition) is 6. The number of rotatable bonds is 8. The van der Waals surface area contributed by atoms with Gasteiger partial charge in [-0.1, -0.05) is 35.9 Å². The Bertz CT molecular complexity index is 1220. The second kappa shape index (κ2) is 10.9. The molecule has 0 aliphatic heterocycles. The van der Waals surface area contributed by atoms with Gasteiger partial charge in [-0.2, -0.15) is 13.2 Å². The molecule has 0 amide bonds. The summed E-state index contributed by atoms with van der Waals surface area (Å²) in [6, 6.07) is 10.8. The van der Waals surface area contributed by atoms with Gasteiger partial charge in [0.05, 0.1) is 41.5 Å². The van der Waals surface area contributed by atoms with Crippen LogP contribution >= 0.6 is 11.6 Å². The molecule has 0 fully saturated rings. The van der Waals surface area contributed by atoms with Gasteiger partial charge in [0.1, 0.15) is 11.6 Å². The number of esters is 1. The molecule has 0 aliphatic carbocycles. The SMILES string of the molecule is COC(=O)Cc1nc(C)nc(NC(C)c2cccc(C(F)(F)F)c2C)c1CNc1ccccc1Cl. The second-order valence-corrected chi connectivity index (χ2v) is 8.42. The summed E-state index contributed by atoms with van der Waals surface area (Å²) in [5, 5.41) is 6.96. The number of aryl methyl sites for hydroxylation is 1. The van der Waals surface area contributed by atoms with Crippen molar-refractivity contribution < 1.29 is 22.7 Å². The van der Waals surface area contributed by atoms with Gasteiger partial charge in [0.2, 0.25) is 0 Å². The van der Waals surface area contributed by atoms with Gasteiger partial charge in [-0.25, -0.2) is 9.97 Å². The fraction of sp³-hybridized carbons (Fsp3) is 0.320. The third-order valence-electron chi connectivity index (χ3n) is 5.57. The van der Waals surface area contributed by atoms with Crippen LogP contribution in [0.1, 0.15) is 46.7 Å². The van der Waals surface area contributed by atoms with Crippen LogP contribution in [-0.4, -0.2) is 23.0 Å². The molecule has 2 aromatic carbocycles. The lowest BCUT2D eigenvalue weighted by Gasteiger charge is -2.23. The van der Waals surface area contributed by atoms with Gasteiger partial charge >= 0.3 is 12.1 Å². The molecule has 3 aromatic rings. The summed E-state index contributed by atoms with van der Waals surface area (Å²) >= 11 is 6.26. The van der Waals surface area contributed by atoms with Gasteiger partial charge in [-0.3, -0.25) is 4.79 Å². The molecule has 0 spiro atoms. The van der Waals surface area contributed by atoms with E-state index in [2.05, 4.69) is 20.6 Å². The van der Waals surface area contributed by atoms with Crippen LogP contribution in [0.4, 0.5) is 24.7 Å². The van der Waals surface area contributed by atoms with Crippen LogP contribution in [-0.2, 0) is 28.7 Å². The number of carbonyl (C=O) groups is 1. The van der Waals surface area contributed by atoms with Crippen LogP contribution < -0.4 is 10.6 Å². The number of para-hydroxylation sites is 1. The highest BCUT2D eigenvalue weighted by Crippen LogP contribution is 2.35. The molecular weight excluding hydrogens is 481 g/mol. The van der Waals surface area contributed by atoms with Crippen LogP contribution in [0.5, 0.6) is 0 Å². The van der Waals surface area contributed by atoms with Crippen LogP contribution in [0, 0.1) is 13.8 Å². The molecule has 0 aliphatic rings. The number of nitrogens with one attached hydrogen (secondary N) is 2. The van der Waals surface area contributed by atoms with E-state index in [0.29, 0.717) is 39.2 Å². The molecule has 1 aromatic heterocycles. The lowest BCUT2D eigenvalue weighted by molar-refractivity contribution is -0.140. The molecule has 1 heterocycles. The zero-order chi connectivity index (χ0) is 25.8. The fourth-order valence-electron chi connectivity index (χ4n) is 3.81. The lowest BCUT2D eigenvalue weighted by atomic mass is 9.97. The zero-order valence-corrected chi connectivity index (χ0v) is 20.5. The van der Waals surface area contributed by atoms with E-state index in [0.717, 1.165) is 6.07 Å². The Morgan fingerprint density at radius 3 is 2.49 bits per heavy atom. The summed E-state index contributed by atoms with van der Waals surface area (Å²) < 4.78 is 45.1. The third kappa shape index (κ3) is 6.42. The molecule has 6 nitrogen and oxygen atoms in total. The zero-order valence-electron chi connectivity index (χ0n) is 19.8. The van der Waals surface area contributed by atoms with E-state index >= 15 is 0 Å². The van der Waals surface area contributed by atoms with Gasteiger partial charge in [0.25, 0.3) is 0 Å². The van der Waals surface area contributed by atoms with Crippen molar-refractivity contribution in [3.05, 3.63) is 81.3 Å². The minimum absolute atomic E-state index is 0.0922. The first kappa shape index (κ1) is 26.3. The summed E-state index contributed by atoms with van der Waals surface area (Å²) in [5.41, 5.74) is 1.63. The number of methoxy groups -OCH3 is 1. The first-order chi connectivity index (χ1) is 16.5. The molecule has 0 saturated heterocycles. The number of nitrogens with zero attached hydrogens (tertiary/aromatic N) is 2. The predicted molar refractivity (Wildman–Crippen MR) is 129 cm³/mol. The quantitative estimate of drug-likeness (QED) is 0.351. The first-order valence-corrected chi connectivity index (χ1v) is 11.2. The third-order valence-corrected chi connectivity index (χ3v) is 5.90. The van der Waals surface area contributed by atoms with Crippen molar-refractivity contribution in [2.24, 2.45) is 0 Å². The van der Waals surface area contributed by atoms with Gasteiger partial charge in [0, 0.05) is 12.1 Å². The molecule has 0 bridgehead atoms. The number of ether oxygens (including phenoxy) is 1. The van der Waals surface area contributed by atoms with Crippen molar-refractivity contribution in [3.8, 4) is 0 Å². The van der Waals surface area contributed by atoms with E-state index in [-0.39, 0.29) is 18.5 Å². The Hall–Kier alpha value is -3.33. The molecule has 0 saturated carbocycles. The highest BCUT2D eigenvalue weighted by Gasteiger charge is 2.33. The predicted octanol–water partition coefficient (Wildman–Crippen LogP) is 6.27. The minimum atomic E-state index is -4.46. The average Bonchev–Trinajstić information content (AvgIpc) is 2.78. The van der Waals surface area contributed by atoms with Crippen LogP contribution in [0.3, 0.4) is 0 Å². The summed E-state index contributed by atoms with van der Waals surface area (Å²) in [5.74, 6) is 0.330. The normalized spacial score (nSPS) is 12.2. The summed E-state index contributed by atoms with van der Waals surface area (Å²) in [7, 11) is 1.29. The summed E-state index contributed by atoms with van der Waals surface area (Å²) in [6.07, 6.45) is -4.55. The average molecular weight is 507 g/mol. The van der Waals surface area contributed by atoms with Crippen molar-refractivity contribution in [2.45, 2.75) is 46.0 Å². The number of alkyl halides is 3. The largest absolute Gasteiger partial charge is 0.469 e. The molecule has 1 unspecified atom stereocenters. The number of carbonyl (C=O) groups excluding carboxylic acids is 1. The number of aromatic nitrogens is 2. The van der Waals surface area contributed by atoms with E-state index in [1.165, 1.54) is 20.1 Å². The van der Waals surface area contributed by atoms with Gasteiger partial charge in [-0.05, 0) is 50.1 Å². The van der Waals surface area contributed by atoms with E-state index in [9.17, 15) is 18.0 Å². The molecule has 0 radical (unpaired) electrons. The summed E-state index contributed by atoms with van der Waals surface area (Å²) in [4.78, 5) is 21.0. The molecule has 3 rings (SSSR count). The fourth-order valence-corrected chi connectivity index (χ4v) is 4.02. The van der Waals surface area contributed by atoms with Crippen LogP contribution in [0.15, 0.2) is 42.5 Å². The minimum Gasteiger partial charge on any atom is -0.469 e. The maximum Gasteiger partial charge on any atom is 0.416 e. The van der Waals surface area contributed by atoms with Crippen molar-refractivity contribution in [2.75, 3.05) is 17.7 Å². The van der Waals surface area contributed by atoms with E-state index in [1.807, 2.05) is 6.07 Å². The maximum absolute atomic E-state index is 13.4. The van der Waals surface area contributed by atoms with Crippen LogP contribution in [0.2, 0.25) is 5.02 Å². The smallest absolute Gasteiger partial charge is 0.416 e.